The number of aryl methyl sites for hydroxylation is 2. The molecule has 28 heavy (non-hydrogen) atoms. The number of ether oxygens (including phenoxy) is 1. The third-order valence-electron chi connectivity index (χ3n) is 5.04. The van der Waals surface area contributed by atoms with Crippen LogP contribution in [0.1, 0.15) is 18.4 Å². The van der Waals surface area contributed by atoms with Gasteiger partial charge in [-0.15, -0.1) is 0 Å². The third kappa shape index (κ3) is 4.73. The van der Waals surface area contributed by atoms with E-state index in [9.17, 15) is 9.59 Å². The Bertz CT molecular complexity index is 882. The number of aromatic nitrogens is 2. The second-order valence-corrected chi connectivity index (χ2v) is 7.64. The molecule has 2 heterocycles. The summed E-state index contributed by atoms with van der Waals surface area (Å²) in [7, 11) is 3.27. The van der Waals surface area contributed by atoms with E-state index >= 15 is 0 Å². The first-order chi connectivity index (χ1) is 13.5. The molecule has 8 heteroatoms. The molecule has 2 aromatic rings. The highest BCUT2D eigenvalue weighted by molar-refractivity contribution is 9.10. The average molecular weight is 449 g/mol. The lowest BCUT2D eigenvalue weighted by atomic mass is 10.1. The standard InChI is InChI=1S/C20H25BrN4O3/c1-23-20(27)19(21)17(14-22-23)24-10-3-11-25(13-12-24)18(26)9-6-15-4-7-16(28-2)8-5-15/h4-5,7-8,14H,3,6,9-13H2,1-2H3. The van der Waals surface area contributed by atoms with Gasteiger partial charge in [-0.3, -0.25) is 9.59 Å². The summed E-state index contributed by atoms with van der Waals surface area (Å²) >= 11 is 3.39. The van der Waals surface area contributed by atoms with E-state index in [0.29, 0.717) is 30.4 Å². The molecule has 1 aromatic carbocycles. The first kappa shape index (κ1) is 20.4. The van der Waals surface area contributed by atoms with Crippen LogP contribution >= 0.6 is 15.9 Å². The summed E-state index contributed by atoms with van der Waals surface area (Å²) in [4.78, 5) is 28.8. The van der Waals surface area contributed by atoms with Crippen molar-refractivity contribution in [3.05, 3.63) is 50.9 Å². The van der Waals surface area contributed by atoms with Crippen molar-refractivity contribution < 1.29 is 9.53 Å². The van der Waals surface area contributed by atoms with Gasteiger partial charge in [-0.1, -0.05) is 12.1 Å². The van der Waals surface area contributed by atoms with Gasteiger partial charge in [0, 0.05) is 39.6 Å². The van der Waals surface area contributed by atoms with Crippen LogP contribution in [0.5, 0.6) is 5.75 Å². The second-order valence-electron chi connectivity index (χ2n) is 6.84. The van der Waals surface area contributed by atoms with Gasteiger partial charge in [-0.25, -0.2) is 4.68 Å². The van der Waals surface area contributed by atoms with Crippen LogP contribution in [-0.2, 0) is 18.3 Å². The number of carbonyl (C=O) groups excluding carboxylic acids is 1. The van der Waals surface area contributed by atoms with Gasteiger partial charge in [-0.05, 0) is 46.5 Å². The zero-order chi connectivity index (χ0) is 20.1. The SMILES string of the molecule is COc1ccc(CCC(=O)N2CCCN(c3cnn(C)c(=O)c3Br)CC2)cc1. The second kappa shape index (κ2) is 9.23. The number of hydrogen-bond donors (Lipinski definition) is 0. The highest BCUT2D eigenvalue weighted by Gasteiger charge is 2.21. The maximum atomic E-state index is 12.7. The van der Waals surface area contributed by atoms with Crippen LogP contribution < -0.4 is 15.2 Å². The van der Waals surface area contributed by atoms with Crippen molar-refractivity contribution in [2.24, 2.45) is 7.05 Å². The third-order valence-corrected chi connectivity index (χ3v) is 5.78. The molecule has 0 unspecified atom stereocenters. The molecule has 0 atom stereocenters. The first-order valence-electron chi connectivity index (χ1n) is 9.37. The Hall–Kier alpha value is -2.35. The van der Waals surface area contributed by atoms with Crippen molar-refractivity contribution in [2.45, 2.75) is 19.3 Å². The number of hydrogen-bond acceptors (Lipinski definition) is 5. The summed E-state index contributed by atoms with van der Waals surface area (Å²) in [6.07, 6.45) is 3.76. The van der Waals surface area contributed by atoms with Crippen molar-refractivity contribution in [3.8, 4) is 5.75 Å². The fraction of sp³-hybridized carbons (Fsp3) is 0.450. The van der Waals surface area contributed by atoms with E-state index < -0.39 is 0 Å². The predicted octanol–water partition coefficient (Wildman–Crippen LogP) is 2.22. The van der Waals surface area contributed by atoms with Crippen LogP contribution in [0.15, 0.2) is 39.7 Å². The molecule has 3 rings (SSSR count). The van der Waals surface area contributed by atoms with E-state index in [1.807, 2.05) is 29.2 Å². The fourth-order valence-corrected chi connectivity index (χ4v) is 3.94. The van der Waals surface area contributed by atoms with Crippen LogP contribution in [0.2, 0.25) is 0 Å². The van der Waals surface area contributed by atoms with Crippen LogP contribution in [0, 0.1) is 0 Å². The first-order valence-corrected chi connectivity index (χ1v) is 10.2. The highest BCUT2D eigenvalue weighted by Crippen LogP contribution is 2.23. The maximum Gasteiger partial charge on any atom is 0.282 e. The summed E-state index contributed by atoms with van der Waals surface area (Å²) in [5, 5.41) is 4.12. The van der Waals surface area contributed by atoms with E-state index in [1.165, 1.54) is 4.68 Å². The predicted molar refractivity (Wildman–Crippen MR) is 112 cm³/mol. The number of anilines is 1. The molecule has 0 radical (unpaired) electrons. The van der Waals surface area contributed by atoms with Gasteiger partial charge >= 0.3 is 0 Å². The Labute approximate surface area is 173 Å². The van der Waals surface area contributed by atoms with Crippen molar-refractivity contribution in [1.29, 1.82) is 0 Å². The summed E-state index contributed by atoms with van der Waals surface area (Å²) in [5.74, 6) is 0.984. The zero-order valence-corrected chi connectivity index (χ0v) is 17.8. The number of benzene rings is 1. The van der Waals surface area contributed by atoms with E-state index in [0.717, 1.165) is 36.5 Å². The number of amides is 1. The Morgan fingerprint density at radius 1 is 1.18 bits per heavy atom. The summed E-state index contributed by atoms with van der Waals surface area (Å²) in [6.45, 7) is 2.84. The minimum Gasteiger partial charge on any atom is -0.497 e. The van der Waals surface area contributed by atoms with Gasteiger partial charge in [0.25, 0.3) is 5.56 Å². The summed E-state index contributed by atoms with van der Waals surface area (Å²) in [6, 6.07) is 7.83. The Kier molecular flexibility index (Phi) is 6.72. The molecule has 1 aliphatic rings. The smallest absolute Gasteiger partial charge is 0.282 e. The van der Waals surface area contributed by atoms with Crippen molar-refractivity contribution in [3.63, 3.8) is 0 Å². The average Bonchev–Trinajstić information content (AvgIpc) is 2.97. The number of nitrogens with zero attached hydrogens (tertiary/aromatic N) is 4. The minimum absolute atomic E-state index is 0.158. The Morgan fingerprint density at radius 2 is 1.93 bits per heavy atom. The van der Waals surface area contributed by atoms with Gasteiger partial charge in [0.15, 0.2) is 0 Å². The van der Waals surface area contributed by atoms with Gasteiger partial charge < -0.3 is 14.5 Å². The van der Waals surface area contributed by atoms with Gasteiger partial charge in [0.2, 0.25) is 5.91 Å². The molecule has 1 aliphatic heterocycles. The van der Waals surface area contributed by atoms with Crippen LogP contribution in [0.25, 0.3) is 0 Å². The largest absolute Gasteiger partial charge is 0.497 e. The molecule has 1 saturated heterocycles. The monoisotopic (exact) mass is 448 g/mol. The molecule has 0 N–H and O–H groups in total. The molecular formula is C20H25BrN4O3. The molecular weight excluding hydrogens is 424 g/mol. The molecule has 0 aliphatic carbocycles. The van der Waals surface area contributed by atoms with Crippen molar-refractivity contribution in [2.75, 3.05) is 38.2 Å². The van der Waals surface area contributed by atoms with Crippen molar-refractivity contribution in [1.82, 2.24) is 14.7 Å². The number of methoxy groups -OCH3 is 1. The lowest BCUT2D eigenvalue weighted by molar-refractivity contribution is -0.130. The minimum atomic E-state index is -0.158. The fourth-order valence-electron chi connectivity index (χ4n) is 3.33. The lowest BCUT2D eigenvalue weighted by Crippen LogP contribution is -2.36. The van der Waals surface area contributed by atoms with E-state index in [2.05, 4.69) is 25.9 Å². The topological polar surface area (TPSA) is 67.7 Å². The van der Waals surface area contributed by atoms with E-state index in [4.69, 9.17) is 4.74 Å². The highest BCUT2D eigenvalue weighted by atomic mass is 79.9. The van der Waals surface area contributed by atoms with Gasteiger partial charge in [-0.2, -0.15) is 5.10 Å². The Morgan fingerprint density at radius 3 is 2.64 bits per heavy atom. The molecule has 0 bridgehead atoms. The number of rotatable bonds is 5. The molecule has 7 nitrogen and oxygen atoms in total. The number of carbonyl (C=O) groups is 1. The summed E-state index contributed by atoms with van der Waals surface area (Å²) in [5.41, 5.74) is 1.76. The maximum absolute atomic E-state index is 12.7. The molecule has 1 fully saturated rings. The molecule has 1 aromatic heterocycles. The number of halogens is 1. The molecule has 150 valence electrons. The van der Waals surface area contributed by atoms with E-state index in [-0.39, 0.29) is 11.5 Å². The molecule has 0 saturated carbocycles. The molecule has 1 amide bonds. The van der Waals surface area contributed by atoms with Crippen LogP contribution in [0.3, 0.4) is 0 Å². The van der Waals surface area contributed by atoms with Gasteiger partial charge in [0.05, 0.1) is 19.0 Å². The lowest BCUT2D eigenvalue weighted by Gasteiger charge is -2.24. The van der Waals surface area contributed by atoms with Crippen molar-refractivity contribution >= 4 is 27.5 Å². The van der Waals surface area contributed by atoms with E-state index in [1.54, 1.807) is 20.4 Å². The molecule has 0 spiro atoms. The zero-order valence-electron chi connectivity index (χ0n) is 16.2. The van der Waals surface area contributed by atoms with Crippen LogP contribution in [-0.4, -0.2) is 53.9 Å². The quantitative estimate of drug-likeness (QED) is 0.701. The normalized spacial score (nSPS) is 14.7. The summed E-state index contributed by atoms with van der Waals surface area (Å²) < 4.78 is 6.99. The Balaban J connectivity index is 1.57. The van der Waals surface area contributed by atoms with Crippen LogP contribution in [0.4, 0.5) is 5.69 Å². The van der Waals surface area contributed by atoms with Gasteiger partial charge in [0.1, 0.15) is 10.2 Å².